The molecule has 1 amide bonds. The largest absolute Gasteiger partial charge is 0.332 e. The van der Waals surface area contributed by atoms with Crippen molar-refractivity contribution in [1.29, 1.82) is 0 Å². The standard InChI is InChI=1S/C22H30N6O3/c1-5-27(6-2)14-16-9-7-10-17(13-16)24-18(29)11-8-12-28-15-23-20-19(28)21(30)26(4)22(31)25(20)3/h7,9-10,13,15H,5-6,8,11-12,14H2,1-4H3,(H,24,29). The Kier molecular flexibility index (Phi) is 7.06. The van der Waals surface area contributed by atoms with Gasteiger partial charge in [0.25, 0.3) is 5.56 Å². The van der Waals surface area contributed by atoms with Crippen LogP contribution in [0.25, 0.3) is 11.2 Å². The smallest absolute Gasteiger partial charge is 0.326 e. The molecular weight excluding hydrogens is 396 g/mol. The van der Waals surface area contributed by atoms with Crippen LogP contribution >= 0.6 is 0 Å². The highest BCUT2D eigenvalue weighted by Crippen LogP contribution is 2.14. The second-order valence-corrected chi connectivity index (χ2v) is 7.63. The first-order valence-electron chi connectivity index (χ1n) is 10.6. The Hall–Kier alpha value is -3.20. The van der Waals surface area contributed by atoms with E-state index < -0.39 is 5.69 Å². The highest BCUT2D eigenvalue weighted by molar-refractivity contribution is 5.90. The van der Waals surface area contributed by atoms with Crippen molar-refractivity contribution in [2.24, 2.45) is 14.1 Å². The van der Waals surface area contributed by atoms with E-state index in [2.05, 4.69) is 35.1 Å². The average Bonchev–Trinajstić information content (AvgIpc) is 3.19. The van der Waals surface area contributed by atoms with E-state index in [1.165, 1.54) is 11.6 Å². The van der Waals surface area contributed by atoms with Crippen LogP contribution in [0.5, 0.6) is 0 Å². The van der Waals surface area contributed by atoms with Crippen LogP contribution in [0, 0.1) is 0 Å². The summed E-state index contributed by atoms with van der Waals surface area (Å²) in [5, 5.41) is 2.95. The third-order valence-electron chi connectivity index (χ3n) is 5.53. The van der Waals surface area contributed by atoms with Gasteiger partial charge in [0, 0.05) is 39.3 Å². The van der Waals surface area contributed by atoms with Crippen LogP contribution in [-0.4, -0.2) is 42.6 Å². The topological polar surface area (TPSA) is 94.2 Å². The van der Waals surface area contributed by atoms with Gasteiger partial charge >= 0.3 is 5.69 Å². The van der Waals surface area contributed by atoms with E-state index in [1.807, 2.05) is 18.2 Å². The number of benzene rings is 1. The van der Waals surface area contributed by atoms with Gasteiger partial charge in [-0.3, -0.25) is 23.6 Å². The van der Waals surface area contributed by atoms with Gasteiger partial charge in [-0.05, 0) is 37.2 Å². The maximum atomic E-state index is 12.5. The molecule has 0 unspecified atom stereocenters. The van der Waals surface area contributed by atoms with Gasteiger partial charge in [-0.15, -0.1) is 0 Å². The number of rotatable bonds is 9. The lowest BCUT2D eigenvalue weighted by Gasteiger charge is -2.18. The summed E-state index contributed by atoms with van der Waals surface area (Å²) in [7, 11) is 3.03. The molecule has 0 radical (unpaired) electrons. The normalized spacial score (nSPS) is 11.4. The number of hydrogen-bond donors (Lipinski definition) is 1. The fourth-order valence-corrected chi connectivity index (χ4v) is 3.65. The summed E-state index contributed by atoms with van der Waals surface area (Å²) in [6, 6.07) is 7.90. The van der Waals surface area contributed by atoms with E-state index in [0.29, 0.717) is 30.6 Å². The van der Waals surface area contributed by atoms with Crippen LogP contribution in [-0.2, 0) is 32.0 Å². The van der Waals surface area contributed by atoms with Gasteiger partial charge in [0.15, 0.2) is 11.2 Å². The van der Waals surface area contributed by atoms with Crippen molar-refractivity contribution in [3.63, 3.8) is 0 Å². The Balaban J connectivity index is 1.62. The van der Waals surface area contributed by atoms with E-state index in [1.54, 1.807) is 17.9 Å². The average molecular weight is 427 g/mol. The molecule has 9 nitrogen and oxygen atoms in total. The molecule has 166 valence electrons. The van der Waals surface area contributed by atoms with Crippen molar-refractivity contribution in [3.8, 4) is 0 Å². The molecule has 0 spiro atoms. The molecule has 3 rings (SSSR count). The number of fused-ring (bicyclic) bond motifs is 1. The third-order valence-corrected chi connectivity index (χ3v) is 5.53. The number of imidazole rings is 1. The summed E-state index contributed by atoms with van der Waals surface area (Å²) in [6.45, 7) is 7.53. The fourth-order valence-electron chi connectivity index (χ4n) is 3.65. The van der Waals surface area contributed by atoms with Crippen molar-refractivity contribution < 1.29 is 4.79 Å². The monoisotopic (exact) mass is 426 g/mol. The maximum Gasteiger partial charge on any atom is 0.332 e. The molecule has 2 aromatic heterocycles. The van der Waals surface area contributed by atoms with Crippen molar-refractivity contribution in [2.75, 3.05) is 18.4 Å². The summed E-state index contributed by atoms with van der Waals surface area (Å²) in [6.07, 6.45) is 2.40. The highest BCUT2D eigenvalue weighted by Gasteiger charge is 2.14. The quantitative estimate of drug-likeness (QED) is 0.562. The summed E-state index contributed by atoms with van der Waals surface area (Å²) in [5.41, 5.74) is 1.87. The molecule has 1 N–H and O–H groups in total. The van der Waals surface area contributed by atoms with Crippen LogP contribution < -0.4 is 16.6 Å². The SMILES string of the molecule is CCN(CC)Cc1cccc(NC(=O)CCCn2cnc3c2c(=O)n(C)c(=O)n3C)c1. The molecule has 0 saturated carbocycles. The van der Waals surface area contributed by atoms with E-state index in [0.717, 1.165) is 35.5 Å². The Morgan fingerprint density at radius 1 is 1.13 bits per heavy atom. The summed E-state index contributed by atoms with van der Waals surface area (Å²) in [5.74, 6) is -0.0790. The number of carbonyl (C=O) groups excluding carboxylic acids is 1. The van der Waals surface area contributed by atoms with Gasteiger partial charge in [-0.2, -0.15) is 0 Å². The molecule has 0 aliphatic rings. The number of aryl methyl sites for hydroxylation is 2. The molecule has 9 heteroatoms. The zero-order chi connectivity index (χ0) is 22.5. The molecule has 0 saturated heterocycles. The second kappa shape index (κ2) is 9.74. The minimum Gasteiger partial charge on any atom is -0.326 e. The lowest BCUT2D eigenvalue weighted by atomic mass is 10.2. The fraction of sp³-hybridized carbons (Fsp3) is 0.455. The van der Waals surface area contributed by atoms with Crippen molar-refractivity contribution in [3.05, 3.63) is 57.0 Å². The molecular formula is C22H30N6O3. The lowest BCUT2D eigenvalue weighted by molar-refractivity contribution is -0.116. The molecule has 0 aliphatic carbocycles. The highest BCUT2D eigenvalue weighted by atomic mass is 16.2. The molecule has 0 bridgehead atoms. The summed E-state index contributed by atoms with van der Waals surface area (Å²) >= 11 is 0. The summed E-state index contributed by atoms with van der Waals surface area (Å²) < 4.78 is 4.12. The van der Waals surface area contributed by atoms with Crippen LogP contribution in [0.4, 0.5) is 5.69 Å². The Labute approximate surface area is 180 Å². The van der Waals surface area contributed by atoms with Gasteiger partial charge in [0.05, 0.1) is 6.33 Å². The minimum atomic E-state index is -0.412. The van der Waals surface area contributed by atoms with Crippen molar-refractivity contribution in [1.82, 2.24) is 23.6 Å². The molecule has 1 aromatic carbocycles. The number of anilines is 1. The Bertz CT molecular complexity index is 1190. The molecule has 2 heterocycles. The van der Waals surface area contributed by atoms with Crippen LogP contribution in [0.15, 0.2) is 40.2 Å². The first-order chi connectivity index (χ1) is 14.8. The van der Waals surface area contributed by atoms with Gasteiger partial charge in [0.2, 0.25) is 5.91 Å². The van der Waals surface area contributed by atoms with Crippen LogP contribution in [0.2, 0.25) is 0 Å². The molecule has 3 aromatic rings. The van der Waals surface area contributed by atoms with Gasteiger partial charge in [-0.1, -0.05) is 26.0 Å². The van der Waals surface area contributed by atoms with Crippen molar-refractivity contribution >= 4 is 22.8 Å². The second-order valence-electron chi connectivity index (χ2n) is 7.63. The summed E-state index contributed by atoms with van der Waals surface area (Å²) in [4.78, 5) is 43.4. The minimum absolute atomic E-state index is 0.0790. The van der Waals surface area contributed by atoms with E-state index in [-0.39, 0.29) is 11.5 Å². The molecule has 0 atom stereocenters. The number of nitrogens with one attached hydrogen (secondary N) is 1. The van der Waals surface area contributed by atoms with Crippen LogP contribution in [0.3, 0.4) is 0 Å². The Morgan fingerprint density at radius 3 is 2.58 bits per heavy atom. The van der Waals surface area contributed by atoms with Gasteiger partial charge < -0.3 is 9.88 Å². The Morgan fingerprint density at radius 2 is 1.87 bits per heavy atom. The van der Waals surface area contributed by atoms with Crippen LogP contribution in [0.1, 0.15) is 32.3 Å². The molecule has 0 aliphatic heterocycles. The van der Waals surface area contributed by atoms with Crippen molar-refractivity contribution in [2.45, 2.75) is 39.8 Å². The zero-order valence-corrected chi connectivity index (χ0v) is 18.6. The number of nitrogens with zero attached hydrogens (tertiary/aromatic N) is 5. The predicted molar refractivity (Wildman–Crippen MR) is 121 cm³/mol. The zero-order valence-electron chi connectivity index (χ0n) is 18.6. The number of aromatic nitrogens is 4. The van der Waals surface area contributed by atoms with E-state index >= 15 is 0 Å². The van der Waals surface area contributed by atoms with E-state index in [9.17, 15) is 14.4 Å². The van der Waals surface area contributed by atoms with E-state index in [4.69, 9.17) is 0 Å². The first-order valence-corrected chi connectivity index (χ1v) is 10.6. The number of amides is 1. The van der Waals surface area contributed by atoms with Gasteiger partial charge in [0.1, 0.15) is 0 Å². The maximum absolute atomic E-state index is 12.5. The third kappa shape index (κ3) is 4.93. The molecule has 31 heavy (non-hydrogen) atoms. The number of hydrogen-bond acceptors (Lipinski definition) is 5. The lowest BCUT2D eigenvalue weighted by Crippen LogP contribution is -2.37. The number of carbonyl (C=O) groups is 1. The first kappa shape index (κ1) is 22.5. The molecule has 0 fully saturated rings. The van der Waals surface area contributed by atoms with Gasteiger partial charge in [-0.25, -0.2) is 9.78 Å². The predicted octanol–water partition coefficient (Wildman–Crippen LogP) is 1.69.